The summed E-state index contributed by atoms with van der Waals surface area (Å²) in [7, 11) is 5.38. The van der Waals surface area contributed by atoms with Crippen molar-refractivity contribution in [2.24, 2.45) is 0 Å². The fourth-order valence-electron chi connectivity index (χ4n) is 2.26. The van der Waals surface area contributed by atoms with Crippen molar-refractivity contribution in [3.8, 4) is 5.75 Å². The lowest BCUT2D eigenvalue weighted by Crippen LogP contribution is -2.40. The van der Waals surface area contributed by atoms with E-state index in [1.807, 2.05) is 35.8 Å². The maximum Gasteiger partial charge on any atom is 0.313 e. The van der Waals surface area contributed by atoms with E-state index in [9.17, 15) is 9.59 Å². The zero-order valence-electron chi connectivity index (χ0n) is 13.9. The SMILES string of the molecule is COc1ccccc1NC(=O)C(=O)NCC(c1ccsc1)N(C)C. The summed E-state index contributed by atoms with van der Waals surface area (Å²) < 4.78 is 5.15. The average Bonchev–Trinajstić information content (AvgIpc) is 3.09. The van der Waals surface area contributed by atoms with Gasteiger partial charge in [0.05, 0.1) is 18.8 Å². The third-order valence-electron chi connectivity index (χ3n) is 3.57. The van der Waals surface area contributed by atoms with E-state index in [4.69, 9.17) is 4.74 Å². The Morgan fingerprint density at radius 2 is 1.96 bits per heavy atom. The summed E-state index contributed by atoms with van der Waals surface area (Å²) in [4.78, 5) is 26.1. The fourth-order valence-corrected chi connectivity index (χ4v) is 2.97. The molecule has 2 rings (SSSR count). The number of methoxy groups -OCH3 is 1. The molecule has 0 spiro atoms. The van der Waals surface area contributed by atoms with E-state index in [0.29, 0.717) is 18.0 Å². The number of carbonyl (C=O) groups is 2. The number of nitrogens with zero attached hydrogens (tertiary/aromatic N) is 1. The van der Waals surface area contributed by atoms with Crippen LogP contribution in [0.1, 0.15) is 11.6 Å². The Morgan fingerprint density at radius 1 is 1.21 bits per heavy atom. The number of hydrogen-bond donors (Lipinski definition) is 2. The zero-order valence-corrected chi connectivity index (χ0v) is 14.7. The minimum Gasteiger partial charge on any atom is -0.495 e. The van der Waals surface area contributed by atoms with Crippen molar-refractivity contribution in [2.45, 2.75) is 6.04 Å². The lowest BCUT2D eigenvalue weighted by atomic mass is 10.1. The van der Waals surface area contributed by atoms with Gasteiger partial charge in [0.25, 0.3) is 0 Å². The molecule has 0 saturated heterocycles. The van der Waals surface area contributed by atoms with Gasteiger partial charge in [0.1, 0.15) is 5.75 Å². The Kier molecular flexibility index (Phi) is 6.34. The first-order chi connectivity index (χ1) is 11.5. The van der Waals surface area contributed by atoms with Crippen molar-refractivity contribution in [3.05, 3.63) is 46.7 Å². The molecule has 0 fully saturated rings. The number of likely N-dealkylation sites (N-methyl/N-ethyl adjacent to an activating group) is 1. The van der Waals surface area contributed by atoms with Crippen LogP contribution in [0, 0.1) is 0 Å². The number of amides is 2. The minimum absolute atomic E-state index is 0.0132. The van der Waals surface area contributed by atoms with Gasteiger partial charge in [-0.3, -0.25) is 9.59 Å². The van der Waals surface area contributed by atoms with Crippen LogP contribution in [-0.2, 0) is 9.59 Å². The quantitative estimate of drug-likeness (QED) is 0.785. The number of hydrogen-bond acceptors (Lipinski definition) is 5. The van der Waals surface area contributed by atoms with Crippen LogP contribution in [0.2, 0.25) is 0 Å². The second kappa shape index (κ2) is 8.47. The maximum atomic E-state index is 12.1. The molecule has 1 aromatic heterocycles. The fraction of sp³-hybridized carbons (Fsp3) is 0.294. The summed E-state index contributed by atoms with van der Waals surface area (Å²) in [6.45, 7) is 0.349. The summed E-state index contributed by atoms with van der Waals surface area (Å²) in [6.07, 6.45) is 0. The molecule has 0 aliphatic rings. The largest absolute Gasteiger partial charge is 0.495 e. The van der Waals surface area contributed by atoms with Gasteiger partial charge in [-0.05, 0) is 48.6 Å². The highest BCUT2D eigenvalue weighted by atomic mass is 32.1. The first-order valence-corrected chi connectivity index (χ1v) is 8.38. The minimum atomic E-state index is -0.720. The van der Waals surface area contributed by atoms with E-state index >= 15 is 0 Å². The van der Waals surface area contributed by atoms with Crippen LogP contribution in [0.15, 0.2) is 41.1 Å². The molecule has 128 valence electrons. The number of benzene rings is 1. The van der Waals surface area contributed by atoms with Crippen LogP contribution in [0.25, 0.3) is 0 Å². The molecule has 0 bridgehead atoms. The van der Waals surface area contributed by atoms with Gasteiger partial charge in [0.15, 0.2) is 0 Å². The molecule has 2 aromatic rings. The second-order valence-corrected chi connectivity index (χ2v) is 6.18. The van der Waals surface area contributed by atoms with E-state index in [1.54, 1.807) is 35.6 Å². The molecule has 0 aliphatic carbocycles. The summed E-state index contributed by atoms with van der Waals surface area (Å²) in [5.74, 6) is -0.895. The van der Waals surface area contributed by atoms with E-state index in [2.05, 4.69) is 10.6 Å². The number of ether oxygens (including phenoxy) is 1. The van der Waals surface area contributed by atoms with Gasteiger partial charge in [-0.15, -0.1) is 0 Å². The molecule has 2 amide bonds. The Labute approximate surface area is 145 Å². The summed E-state index contributed by atoms with van der Waals surface area (Å²) >= 11 is 1.60. The summed E-state index contributed by atoms with van der Waals surface area (Å²) in [5.41, 5.74) is 1.57. The van der Waals surface area contributed by atoms with Gasteiger partial charge >= 0.3 is 11.8 Å². The third kappa shape index (κ3) is 4.56. The van der Waals surface area contributed by atoms with Gasteiger partial charge in [-0.25, -0.2) is 0 Å². The summed E-state index contributed by atoms with van der Waals surface area (Å²) in [5, 5.41) is 9.26. The molecule has 24 heavy (non-hydrogen) atoms. The first kappa shape index (κ1) is 18.0. The van der Waals surface area contributed by atoms with Crippen molar-refractivity contribution in [3.63, 3.8) is 0 Å². The predicted molar refractivity (Wildman–Crippen MR) is 95.4 cm³/mol. The highest BCUT2D eigenvalue weighted by molar-refractivity contribution is 7.07. The van der Waals surface area contributed by atoms with E-state index < -0.39 is 11.8 Å². The number of rotatable bonds is 6. The normalized spacial score (nSPS) is 11.8. The standard InChI is InChI=1S/C17H21N3O3S/c1-20(2)14(12-8-9-24-11-12)10-18-16(21)17(22)19-13-6-4-5-7-15(13)23-3/h4-9,11,14H,10H2,1-3H3,(H,18,21)(H,19,22). The number of thiophene rings is 1. The summed E-state index contributed by atoms with van der Waals surface area (Å²) in [6, 6.07) is 8.96. The molecule has 1 heterocycles. The maximum absolute atomic E-state index is 12.1. The van der Waals surface area contributed by atoms with Gasteiger partial charge < -0.3 is 20.3 Å². The van der Waals surface area contributed by atoms with Crippen molar-refractivity contribution < 1.29 is 14.3 Å². The smallest absolute Gasteiger partial charge is 0.313 e. The van der Waals surface area contributed by atoms with E-state index in [0.717, 1.165) is 5.56 Å². The lowest BCUT2D eigenvalue weighted by molar-refractivity contribution is -0.136. The number of anilines is 1. The van der Waals surface area contributed by atoms with Crippen molar-refractivity contribution in [2.75, 3.05) is 33.1 Å². The molecule has 7 heteroatoms. The molecule has 0 aliphatic heterocycles. The molecule has 1 aromatic carbocycles. The second-order valence-electron chi connectivity index (χ2n) is 5.40. The first-order valence-electron chi connectivity index (χ1n) is 7.43. The van der Waals surface area contributed by atoms with Crippen LogP contribution in [0.4, 0.5) is 5.69 Å². The Hall–Kier alpha value is -2.38. The number of nitrogens with one attached hydrogen (secondary N) is 2. The topological polar surface area (TPSA) is 70.7 Å². The number of carbonyl (C=O) groups excluding carboxylic acids is 2. The molecule has 1 unspecified atom stereocenters. The Balaban J connectivity index is 1.95. The monoisotopic (exact) mass is 347 g/mol. The van der Waals surface area contributed by atoms with Crippen LogP contribution in [-0.4, -0.2) is 44.5 Å². The average molecular weight is 347 g/mol. The molecule has 0 radical (unpaired) electrons. The Bertz CT molecular complexity index is 686. The number of para-hydroxylation sites is 2. The van der Waals surface area contributed by atoms with Crippen molar-refractivity contribution in [1.29, 1.82) is 0 Å². The lowest BCUT2D eigenvalue weighted by Gasteiger charge is -2.23. The molecule has 6 nitrogen and oxygen atoms in total. The third-order valence-corrected chi connectivity index (χ3v) is 4.27. The molecular weight excluding hydrogens is 326 g/mol. The van der Waals surface area contributed by atoms with Crippen LogP contribution >= 0.6 is 11.3 Å². The highest BCUT2D eigenvalue weighted by Crippen LogP contribution is 2.23. The van der Waals surface area contributed by atoms with E-state index in [-0.39, 0.29) is 6.04 Å². The van der Waals surface area contributed by atoms with Crippen LogP contribution in [0.5, 0.6) is 5.75 Å². The van der Waals surface area contributed by atoms with Crippen molar-refractivity contribution >= 4 is 28.8 Å². The highest BCUT2D eigenvalue weighted by Gasteiger charge is 2.19. The Morgan fingerprint density at radius 3 is 2.58 bits per heavy atom. The molecule has 2 N–H and O–H groups in total. The van der Waals surface area contributed by atoms with Crippen LogP contribution in [0.3, 0.4) is 0 Å². The molecular formula is C17H21N3O3S. The molecule has 1 atom stereocenters. The van der Waals surface area contributed by atoms with Gasteiger partial charge in [0.2, 0.25) is 0 Å². The van der Waals surface area contributed by atoms with Gasteiger partial charge in [0, 0.05) is 6.54 Å². The van der Waals surface area contributed by atoms with E-state index in [1.165, 1.54) is 7.11 Å². The zero-order chi connectivity index (χ0) is 17.5. The van der Waals surface area contributed by atoms with Crippen LogP contribution < -0.4 is 15.4 Å². The molecule has 0 saturated carbocycles. The van der Waals surface area contributed by atoms with Gasteiger partial charge in [-0.2, -0.15) is 11.3 Å². The van der Waals surface area contributed by atoms with Gasteiger partial charge in [-0.1, -0.05) is 12.1 Å². The predicted octanol–water partition coefficient (Wildman–Crippen LogP) is 2.11. The van der Waals surface area contributed by atoms with Crippen molar-refractivity contribution in [1.82, 2.24) is 10.2 Å².